The number of nitrogens with zero attached hydrogens (tertiary/aromatic N) is 3. The monoisotopic (exact) mass is 394 g/mol. The number of carbonyl (C=O) groups excluding carboxylic acids is 1. The molecule has 3 aromatic rings. The van der Waals surface area contributed by atoms with E-state index in [1.807, 2.05) is 47.9 Å². The zero-order chi connectivity index (χ0) is 19.5. The third-order valence-corrected chi connectivity index (χ3v) is 5.86. The smallest absolute Gasteiger partial charge is 0.230 e. The van der Waals surface area contributed by atoms with Crippen molar-refractivity contribution in [3.63, 3.8) is 0 Å². The highest BCUT2D eigenvalue weighted by molar-refractivity contribution is 7.99. The number of methoxy groups -OCH3 is 1. The number of fused-ring (bicyclic) bond motifs is 1. The molecule has 1 aliphatic rings. The number of aryl methyl sites for hydroxylation is 2. The van der Waals surface area contributed by atoms with Gasteiger partial charge in [-0.2, -0.15) is 0 Å². The SMILES string of the molecule is COc1ccc(-n2c(C)nnc2SCC(=O)NC2CCc3ccccc32)cc1. The Kier molecular flexibility index (Phi) is 5.34. The molecule has 0 spiro atoms. The van der Waals surface area contributed by atoms with Crippen LogP contribution in [0.1, 0.15) is 29.4 Å². The first-order valence-corrected chi connectivity index (χ1v) is 10.2. The molecule has 0 radical (unpaired) electrons. The zero-order valence-electron chi connectivity index (χ0n) is 15.9. The zero-order valence-corrected chi connectivity index (χ0v) is 16.7. The minimum atomic E-state index is 0.00800. The fraction of sp³-hybridized carbons (Fsp3) is 0.286. The lowest BCUT2D eigenvalue weighted by atomic mass is 10.1. The number of rotatable bonds is 6. The first-order chi connectivity index (χ1) is 13.7. The van der Waals surface area contributed by atoms with Crippen LogP contribution >= 0.6 is 11.8 Å². The van der Waals surface area contributed by atoms with Gasteiger partial charge in [0.2, 0.25) is 5.91 Å². The summed E-state index contributed by atoms with van der Waals surface area (Å²) in [5.41, 5.74) is 3.50. The highest BCUT2D eigenvalue weighted by atomic mass is 32.2. The van der Waals surface area contributed by atoms with Crippen LogP contribution < -0.4 is 10.1 Å². The standard InChI is InChI=1S/C21H22N4O2S/c1-14-23-24-21(25(14)16-8-10-17(27-2)11-9-16)28-13-20(26)22-19-12-7-15-5-3-4-6-18(15)19/h3-6,8-11,19H,7,12-13H2,1-2H3,(H,22,26). The van der Waals surface area contributed by atoms with E-state index in [0.717, 1.165) is 30.1 Å². The second kappa shape index (κ2) is 8.06. The van der Waals surface area contributed by atoms with E-state index in [1.165, 1.54) is 22.9 Å². The van der Waals surface area contributed by atoms with E-state index in [2.05, 4.69) is 27.6 Å². The Morgan fingerprint density at radius 3 is 2.79 bits per heavy atom. The van der Waals surface area contributed by atoms with Gasteiger partial charge in [-0.1, -0.05) is 36.0 Å². The average Bonchev–Trinajstić information content (AvgIpc) is 3.30. The Bertz CT molecular complexity index is 984. The largest absolute Gasteiger partial charge is 0.497 e. The van der Waals surface area contributed by atoms with Crippen molar-refractivity contribution >= 4 is 17.7 Å². The van der Waals surface area contributed by atoms with Crippen molar-refractivity contribution < 1.29 is 9.53 Å². The van der Waals surface area contributed by atoms with Crippen LogP contribution in [0.15, 0.2) is 53.7 Å². The van der Waals surface area contributed by atoms with E-state index in [0.29, 0.717) is 10.9 Å². The molecule has 4 rings (SSSR count). The number of carbonyl (C=O) groups is 1. The Morgan fingerprint density at radius 1 is 1.21 bits per heavy atom. The van der Waals surface area contributed by atoms with Gasteiger partial charge in [0.1, 0.15) is 11.6 Å². The van der Waals surface area contributed by atoms with Crippen LogP contribution in [0.4, 0.5) is 0 Å². The van der Waals surface area contributed by atoms with Gasteiger partial charge in [-0.05, 0) is 55.2 Å². The van der Waals surface area contributed by atoms with Crippen molar-refractivity contribution in [3.05, 3.63) is 65.5 Å². The molecule has 1 atom stereocenters. The first kappa shape index (κ1) is 18.6. The summed E-state index contributed by atoms with van der Waals surface area (Å²) in [6.45, 7) is 1.90. The van der Waals surface area contributed by atoms with E-state index < -0.39 is 0 Å². The van der Waals surface area contributed by atoms with Gasteiger partial charge in [-0.15, -0.1) is 10.2 Å². The number of thioether (sulfide) groups is 1. The van der Waals surface area contributed by atoms with Gasteiger partial charge in [0, 0.05) is 5.69 Å². The molecular weight excluding hydrogens is 372 g/mol. The predicted molar refractivity (Wildman–Crippen MR) is 109 cm³/mol. The summed E-state index contributed by atoms with van der Waals surface area (Å²) in [4.78, 5) is 12.5. The normalized spacial score (nSPS) is 15.3. The van der Waals surface area contributed by atoms with Crippen LogP contribution in [0, 0.1) is 6.92 Å². The van der Waals surface area contributed by atoms with Gasteiger partial charge < -0.3 is 10.1 Å². The fourth-order valence-electron chi connectivity index (χ4n) is 3.54. The van der Waals surface area contributed by atoms with E-state index in [9.17, 15) is 4.79 Å². The summed E-state index contributed by atoms with van der Waals surface area (Å²) in [6, 6.07) is 16.1. The molecule has 144 valence electrons. The molecule has 1 heterocycles. The highest BCUT2D eigenvalue weighted by Gasteiger charge is 2.23. The second-order valence-corrected chi connectivity index (χ2v) is 7.65. The molecule has 0 fully saturated rings. The average molecular weight is 395 g/mol. The van der Waals surface area contributed by atoms with Gasteiger partial charge in [0.05, 0.1) is 18.9 Å². The van der Waals surface area contributed by atoms with Crippen LogP contribution in [-0.4, -0.2) is 33.5 Å². The van der Waals surface area contributed by atoms with E-state index >= 15 is 0 Å². The molecule has 0 saturated carbocycles. The van der Waals surface area contributed by atoms with Crippen molar-refractivity contribution in [2.45, 2.75) is 31.0 Å². The molecule has 1 aliphatic carbocycles. The summed E-state index contributed by atoms with van der Waals surface area (Å²) >= 11 is 1.39. The Labute approximate surface area is 168 Å². The van der Waals surface area contributed by atoms with E-state index in [-0.39, 0.29) is 11.9 Å². The molecule has 2 aromatic carbocycles. The van der Waals surface area contributed by atoms with E-state index in [1.54, 1.807) is 7.11 Å². The Morgan fingerprint density at radius 2 is 2.00 bits per heavy atom. The number of nitrogens with one attached hydrogen (secondary N) is 1. The number of ether oxygens (including phenoxy) is 1. The van der Waals surface area contributed by atoms with Crippen LogP contribution in [0.25, 0.3) is 5.69 Å². The molecule has 0 aliphatic heterocycles. The lowest BCUT2D eigenvalue weighted by Gasteiger charge is -2.14. The summed E-state index contributed by atoms with van der Waals surface area (Å²) in [7, 11) is 1.64. The Balaban J connectivity index is 1.42. The minimum Gasteiger partial charge on any atom is -0.497 e. The molecule has 1 unspecified atom stereocenters. The molecule has 1 amide bonds. The molecule has 1 N–H and O–H groups in total. The molecule has 1 aromatic heterocycles. The molecule has 0 bridgehead atoms. The minimum absolute atomic E-state index is 0.00800. The number of benzene rings is 2. The molecular formula is C21H22N4O2S. The summed E-state index contributed by atoms with van der Waals surface area (Å²) in [6.07, 6.45) is 1.97. The topological polar surface area (TPSA) is 69.0 Å². The van der Waals surface area contributed by atoms with Crippen LogP contribution in [0.3, 0.4) is 0 Å². The van der Waals surface area contributed by atoms with Crippen molar-refractivity contribution in [1.82, 2.24) is 20.1 Å². The maximum Gasteiger partial charge on any atom is 0.230 e. The third kappa shape index (κ3) is 3.75. The van der Waals surface area contributed by atoms with Crippen LogP contribution in [0.5, 0.6) is 5.75 Å². The maximum atomic E-state index is 12.5. The highest BCUT2D eigenvalue weighted by Crippen LogP contribution is 2.31. The quantitative estimate of drug-likeness (QED) is 0.648. The second-order valence-electron chi connectivity index (χ2n) is 6.71. The maximum absolute atomic E-state index is 12.5. The van der Waals surface area contributed by atoms with Gasteiger partial charge >= 0.3 is 0 Å². The number of aromatic nitrogens is 3. The number of hydrogen-bond acceptors (Lipinski definition) is 5. The van der Waals surface area contributed by atoms with Gasteiger partial charge in [-0.25, -0.2) is 0 Å². The lowest BCUT2D eigenvalue weighted by molar-refractivity contribution is -0.119. The molecule has 28 heavy (non-hydrogen) atoms. The first-order valence-electron chi connectivity index (χ1n) is 9.22. The molecule has 6 nitrogen and oxygen atoms in total. The van der Waals surface area contributed by atoms with Crippen molar-refractivity contribution in [3.8, 4) is 11.4 Å². The number of hydrogen-bond donors (Lipinski definition) is 1. The summed E-state index contributed by atoms with van der Waals surface area (Å²) < 4.78 is 7.16. The van der Waals surface area contributed by atoms with Crippen molar-refractivity contribution in [2.75, 3.05) is 12.9 Å². The van der Waals surface area contributed by atoms with Crippen LogP contribution in [-0.2, 0) is 11.2 Å². The molecule has 0 saturated heterocycles. The predicted octanol–water partition coefficient (Wildman–Crippen LogP) is 3.48. The summed E-state index contributed by atoms with van der Waals surface area (Å²) in [5.74, 6) is 1.87. The van der Waals surface area contributed by atoms with Crippen LogP contribution in [0.2, 0.25) is 0 Å². The lowest BCUT2D eigenvalue weighted by Crippen LogP contribution is -2.28. The number of amides is 1. The van der Waals surface area contributed by atoms with Gasteiger partial charge in [0.15, 0.2) is 5.16 Å². The third-order valence-electron chi connectivity index (χ3n) is 4.93. The van der Waals surface area contributed by atoms with Gasteiger partial charge in [-0.3, -0.25) is 9.36 Å². The van der Waals surface area contributed by atoms with Crippen molar-refractivity contribution in [1.29, 1.82) is 0 Å². The van der Waals surface area contributed by atoms with E-state index in [4.69, 9.17) is 4.74 Å². The Hall–Kier alpha value is -2.80. The van der Waals surface area contributed by atoms with Crippen molar-refractivity contribution in [2.24, 2.45) is 0 Å². The van der Waals surface area contributed by atoms with Gasteiger partial charge in [0.25, 0.3) is 0 Å². The fourth-order valence-corrected chi connectivity index (χ4v) is 4.35. The molecule has 7 heteroatoms. The summed E-state index contributed by atoms with van der Waals surface area (Å²) in [5, 5.41) is 12.3.